The van der Waals surface area contributed by atoms with Crippen LogP contribution in [0.3, 0.4) is 0 Å². The second-order valence-corrected chi connectivity index (χ2v) is 3.88. The van der Waals surface area contributed by atoms with Gasteiger partial charge < -0.3 is 14.4 Å². The Morgan fingerprint density at radius 1 is 1.47 bits per heavy atom. The molecule has 1 amide bonds. The molecule has 0 aromatic heterocycles. The van der Waals surface area contributed by atoms with Crippen molar-refractivity contribution in [3.63, 3.8) is 0 Å². The van der Waals surface area contributed by atoms with Crippen LogP contribution in [0.4, 0.5) is 0 Å². The highest BCUT2D eigenvalue weighted by Gasteiger charge is 2.19. The number of rotatable bonds is 6. The molecule has 86 valence electrons. The van der Waals surface area contributed by atoms with Crippen molar-refractivity contribution in [1.29, 1.82) is 0 Å². The van der Waals surface area contributed by atoms with E-state index < -0.39 is 0 Å². The first kappa shape index (κ1) is 12.5. The Balaban J connectivity index is 2.44. The van der Waals surface area contributed by atoms with Gasteiger partial charge in [-0.2, -0.15) is 0 Å². The van der Waals surface area contributed by atoms with Crippen molar-refractivity contribution in [1.82, 2.24) is 4.90 Å². The van der Waals surface area contributed by atoms with E-state index in [2.05, 4.69) is 0 Å². The summed E-state index contributed by atoms with van der Waals surface area (Å²) in [6.07, 6.45) is 1.46. The maximum atomic E-state index is 11.5. The minimum atomic E-state index is -0.323. The van der Waals surface area contributed by atoms with Gasteiger partial charge in [0.05, 0.1) is 12.3 Å². The van der Waals surface area contributed by atoms with Crippen molar-refractivity contribution in [3.05, 3.63) is 11.6 Å². The number of thioether (sulfide) groups is 1. The van der Waals surface area contributed by atoms with E-state index in [1.54, 1.807) is 11.1 Å². The number of amides is 1. The zero-order chi connectivity index (χ0) is 11.1. The first-order chi connectivity index (χ1) is 7.27. The normalized spacial score (nSPS) is 16.5. The van der Waals surface area contributed by atoms with Crippen molar-refractivity contribution in [2.75, 3.05) is 25.5 Å². The van der Waals surface area contributed by atoms with Crippen LogP contribution in [0, 0.1) is 0 Å². The summed E-state index contributed by atoms with van der Waals surface area (Å²) in [6, 6.07) is 0. The van der Waals surface area contributed by atoms with Gasteiger partial charge in [0.15, 0.2) is 6.29 Å². The fourth-order valence-electron chi connectivity index (χ4n) is 1.25. The van der Waals surface area contributed by atoms with E-state index in [0.717, 1.165) is 0 Å². The first-order valence-electron chi connectivity index (χ1n) is 5.08. The summed E-state index contributed by atoms with van der Waals surface area (Å²) in [7, 11) is 0. The van der Waals surface area contributed by atoms with Gasteiger partial charge in [0, 0.05) is 19.4 Å². The number of nitrogens with zero attached hydrogens (tertiary/aromatic N) is 1. The molecule has 1 rings (SSSR count). The molecular weight excluding hydrogens is 214 g/mol. The van der Waals surface area contributed by atoms with Crippen molar-refractivity contribution < 1.29 is 14.3 Å². The van der Waals surface area contributed by atoms with E-state index in [4.69, 9.17) is 9.47 Å². The molecule has 0 saturated heterocycles. The van der Waals surface area contributed by atoms with Crippen LogP contribution in [0.2, 0.25) is 0 Å². The number of hydrogen-bond donors (Lipinski definition) is 0. The molecule has 0 spiro atoms. The van der Waals surface area contributed by atoms with Crippen LogP contribution in [0.25, 0.3) is 0 Å². The van der Waals surface area contributed by atoms with Gasteiger partial charge >= 0.3 is 0 Å². The van der Waals surface area contributed by atoms with Crippen LogP contribution in [0.1, 0.15) is 13.8 Å². The third-order valence-corrected chi connectivity index (χ3v) is 2.64. The molecular formula is C10H17NO3S. The smallest absolute Gasteiger partial charge is 0.237 e. The van der Waals surface area contributed by atoms with Gasteiger partial charge in [-0.1, -0.05) is 0 Å². The van der Waals surface area contributed by atoms with Crippen molar-refractivity contribution >= 4 is 17.7 Å². The van der Waals surface area contributed by atoms with Crippen LogP contribution in [0.5, 0.6) is 0 Å². The van der Waals surface area contributed by atoms with Gasteiger partial charge in [0.25, 0.3) is 0 Å². The molecule has 1 aliphatic heterocycles. The second-order valence-electron chi connectivity index (χ2n) is 2.98. The summed E-state index contributed by atoms with van der Waals surface area (Å²) in [5.74, 6) is 0.605. The van der Waals surface area contributed by atoms with Gasteiger partial charge in [-0.3, -0.25) is 4.79 Å². The number of ether oxygens (including phenoxy) is 2. The number of carbonyl (C=O) groups excluding carboxylic acids is 1. The van der Waals surface area contributed by atoms with E-state index in [9.17, 15) is 4.79 Å². The Hall–Kier alpha value is -0.520. The molecule has 5 heteroatoms. The SMILES string of the molecule is CCOC(CN1C=CSCC1=O)OCC. The molecule has 1 aliphatic rings. The third-order valence-electron chi connectivity index (χ3n) is 1.92. The van der Waals surface area contributed by atoms with Crippen molar-refractivity contribution in [2.45, 2.75) is 20.1 Å². The average molecular weight is 231 g/mol. The van der Waals surface area contributed by atoms with Crippen LogP contribution in [-0.2, 0) is 14.3 Å². The highest BCUT2D eigenvalue weighted by molar-refractivity contribution is 8.02. The fraction of sp³-hybridized carbons (Fsp3) is 0.700. The van der Waals surface area contributed by atoms with Crippen molar-refractivity contribution in [2.24, 2.45) is 0 Å². The van der Waals surface area contributed by atoms with E-state index in [1.807, 2.05) is 19.3 Å². The summed E-state index contributed by atoms with van der Waals surface area (Å²) in [5.41, 5.74) is 0. The van der Waals surface area contributed by atoms with Gasteiger partial charge in [-0.05, 0) is 19.3 Å². The molecule has 0 aromatic rings. The maximum absolute atomic E-state index is 11.5. The predicted molar refractivity (Wildman–Crippen MR) is 60.4 cm³/mol. The average Bonchev–Trinajstić information content (AvgIpc) is 2.22. The standard InChI is InChI=1S/C10H17NO3S/c1-3-13-10(14-4-2)7-11-5-6-15-8-9(11)12/h5-6,10H,3-4,7-8H2,1-2H3. The molecule has 0 bridgehead atoms. The van der Waals surface area contributed by atoms with E-state index >= 15 is 0 Å². The Labute approximate surface area is 94.6 Å². The maximum Gasteiger partial charge on any atom is 0.237 e. The van der Waals surface area contributed by atoms with Gasteiger partial charge in [-0.15, -0.1) is 11.8 Å². The number of hydrogen-bond acceptors (Lipinski definition) is 4. The molecule has 1 heterocycles. The quantitative estimate of drug-likeness (QED) is 0.648. The van der Waals surface area contributed by atoms with Crippen LogP contribution in [-0.4, -0.2) is 42.6 Å². The number of carbonyl (C=O) groups is 1. The molecule has 4 nitrogen and oxygen atoms in total. The summed E-state index contributed by atoms with van der Waals surface area (Å²) in [6.45, 7) is 5.47. The van der Waals surface area contributed by atoms with E-state index in [0.29, 0.717) is 25.5 Å². The van der Waals surface area contributed by atoms with E-state index in [1.165, 1.54) is 11.8 Å². The lowest BCUT2D eigenvalue weighted by atomic mass is 10.4. The zero-order valence-corrected chi connectivity index (χ0v) is 9.96. The second kappa shape index (κ2) is 6.87. The van der Waals surface area contributed by atoms with Crippen LogP contribution >= 0.6 is 11.8 Å². The van der Waals surface area contributed by atoms with Gasteiger partial charge in [0.2, 0.25) is 5.91 Å². The van der Waals surface area contributed by atoms with Crippen LogP contribution in [0.15, 0.2) is 11.6 Å². The first-order valence-corrected chi connectivity index (χ1v) is 6.13. The Kier molecular flexibility index (Phi) is 5.75. The summed E-state index contributed by atoms with van der Waals surface area (Å²) in [4.78, 5) is 13.1. The largest absolute Gasteiger partial charge is 0.351 e. The Bertz CT molecular complexity index is 227. The molecule has 0 aromatic carbocycles. The zero-order valence-electron chi connectivity index (χ0n) is 9.14. The topological polar surface area (TPSA) is 38.8 Å². The molecule has 0 saturated carbocycles. The molecule has 15 heavy (non-hydrogen) atoms. The minimum absolute atomic E-state index is 0.104. The lowest BCUT2D eigenvalue weighted by molar-refractivity contribution is -0.153. The highest BCUT2D eigenvalue weighted by Crippen LogP contribution is 2.13. The molecule has 0 radical (unpaired) electrons. The molecule has 0 atom stereocenters. The molecule has 0 unspecified atom stereocenters. The predicted octanol–water partition coefficient (Wildman–Crippen LogP) is 1.43. The van der Waals surface area contributed by atoms with Gasteiger partial charge in [-0.25, -0.2) is 0 Å². The molecule has 0 aliphatic carbocycles. The van der Waals surface area contributed by atoms with E-state index in [-0.39, 0.29) is 12.2 Å². The highest BCUT2D eigenvalue weighted by atomic mass is 32.2. The fourth-order valence-corrected chi connectivity index (χ4v) is 1.89. The van der Waals surface area contributed by atoms with Crippen LogP contribution < -0.4 is 0 Å². The monoisotopic (exact) mass is 231 g/mol. The Morgan fingerprint density at radius 3 is 2.67 bits per heavy atom. The van der Waals surface area contributed by atoms with Gasteiger partial charge in [0.1, 0.15) is 0 Å². The molecule has 0 fully saturated rings. The lowest BCUT2D eigenvalue weighted by Gasteiger charge is -2.26. The minimum Gasteiger partial charge on any atom is -0.351 e. The summed E-state index contributed by atoms with van der Waals surface area (Å²) < 4.78 is 10.8. The summed E-state index contributed by atoms with van der Waals surface area (Å²) >= 11 is 1.51. The lowest BCUT2D eigenvalue weighted by Crippen LogP contribution is -2.38. The van der Waals surface area contributed by atoms with Crippen molar-refractivity contribution in [3.8, 4) is 0 Å². The summed E-state index contributed by atoms with van der Waals surface area (Å²) in [5, 5.41) is 1.91. The molecule has 0 N–H and O–H groups in total. The third kappa shape index (κ3) is 4.24. The Morgan fingerprint density at radius 2 is 2.13 bits per heavy atom.